The molecular weight excluding hydrogens is 274 g/mol. The number of rotatable bonds is 5. The molecule has 2 rings (SSSR count). The van der Waals surface area contributed by atoms with Gasteiger partial charge in [0.15, 0.2) is 0 Å². The SMILES string of the molecule is C/C(Cc1ccc(OCc2ccccc2Cl)cc1)=N/O. The summed E-state index contributed by atoms with van der Waals surface area (Å²) in [7, 11) is 0. The maximum Gasteiger partial charge on any atom is 0.119 e. The second-order valence-electron chi connectivity index (χ2n) is 4.54. The van der Waals surface area contributed by atoms with Crippen LogP contribution in [0.15, 0.2) is 53.7 Å². The number of halogens is 1. The van der Waals surface area contributed by atoms with Crippen molar-refractivity contribution in [1.29, 1.82) is 0 Å². The number of hydrogen-bond acceptors (Lipinski definition) is 3. The summed E-state index contributed by atoms with van der Waals surface area (Å²) in [5.41, 5.74) is 2.71. The lowest BCUT2D eigenvalue weighted by molar-refractivity contribution is 0.306. The zero-order valence-electron chi connectivity index (χ0n) is 11.2. The van der Waals surface area contributed by atoms with Crippen LogP contribution < -0.4 is 4.74 Å². The lowest BCUT2D eigenvalue weighted by Crippen LogP contribution is -1.98. The van der Waals surface area contributed by atoms with Gasteiger partial charge in [-0.3, -0.25) is 0 Å². The maximum atomic E-state index is 8.64. The van der Waals surface area contributed by atoms with Crippen molar-refractivity contribution in [3.63, 3.8) is 0 Å². The van der Waals surface area contributed by atoms with E-state index in [0.29, 0.717) is 23.8 Å². The summed E-state index contributed by atoms with van der Waals surface area (Å²) in [6, 6.07) is 15.3. The average molecular weight is 290 g/mol. The standard InChI is InChI=1S/C16H16ClNO2/c1-12(18-19)10-13-6-8-15(9-7-13)20-11-14-4-2-3-5-16(14)17/h2-9,19H,10-11H2,1H3/b18-12-. The molecule has 0 fully saturated rings. The van der Waals surface area contributed by atoms with Gasteiger partial charge in [-0.15, -0.1) is 0 Å². The lowest BCUT2D eigenvalue weighted by Gasteiger charge is -2.08. The van der Waals surface area contributed by atoms with Gasteiger partial charge in [0.2, 0.25) is 0 Å². The van der Waals surface area contributed by atoms with E-state index >= 15 is 0 Å². The normalized spacial score (nSPS) is 11.4. The first kappa shape index (κ1) is 14.4. The van der Waals surface area contributed by atoms with Crippen LogP contribution in [-0.2, 0) is 13.0 Å². The number of hydrogen-bond donors (Lipinski definition) is 1. The van der Waals surface area contributed by atoms with Crippen LogP contribution >= 0.6 is 11.6 Å². The van der Waals surface area contributed by atoms with E-state index in [4.69, 9.17) is 21.5 Å². The molecule has 0 unspecified atom stereocenters. The van der Waals surface area contributed by atoms with Crippen LogP contribution in [0.5, 0.6) is 5.75 Å². The Kier molecular flexibility index (Phi) is 5.02. The van der Waals surface area contributed by atoms with Gasteiger partial charge in [0.25, 0.3) is 0 Å². The summed E-state index contributed by atoms with van der Waals surface area (Å²) in [5, 5.41) is 12.5. The molecule has 3 nitrogen and oxygen atoms in total. The van der Waals surface area contributed by atoms with Crippen molar-refractivity contribution in [2.75, 3.05) is 0 Å². The van der Waals surface area contributed by atoms with Crippen molar-refractivity contribution in [1.82, 2.24) is 0 Å². The van der Waals surface area contributed by atoms with Gasteiger partial charge in [0, 0.05) is 17.0 Å². The molecule has 1 N–H and O–H groups in total. The topological polar surface area (TPSA) is 41.8 Å². The minimum Gasteiger partial charge on any atom is -0.489 e. The van der Waals surface area contributed by atoms with Crippen LogP contribution in [0.3, 0.4) is 0 Å². The van der Waals surface area contributed by atoms with Gasteiger partial charge >= 0.3 is 0 Å². The molecule has 0 atom stereocenters. The molecule has 0 aliphatic rings. The van der Waals surface area contributed by atoms with Crippen molar-refractivity contribution in [2.24, 2.45) is 5.16 Å². The van der Waals surface area contributed by atoms with Gasteiger partial charge in [-0.2, -0.15) is 0 Å². The largest absolute Gasteiger partial charge is 0.489 e. The van der Waals surface area contributed by atoms with Gasteiger partial charge in [-0.05, 0) is 30.7 Å². The molecule has 0 aromatic heterocycles. The zero-order chi connectivity index (χ0) is 14.4. The Morgan fingerprint density at radius 1 is 1.15 bits per heavy atom. The third kappa shape index (κ3) is 4.00. The van der Waals surface area contributed by atoms with Crippen molar-refractivity contribution < 1.29 is 9.94 Å². The third-order valence-corrected chi connectivity index (χ3v) is 3.27. The fraction of sp³-hybridized carbons (Fsp3) is 0.188. The Balaban J connectivity index is 1.96. The molecule has 0 aliphatic carbocycles. The summed E-state index contributed by atoms with van der Waals surface area (Å²) in [5.74, 6) is 0.785. The van der Waals surface area contributed by atoms with Crippen molar-refractivity contribution >= 4 is 17.3 Å². The fourth-order valence-electron chi connectivity index (χ4n) is 1.81. The molecule has 0 spiro atoms. The highest BCUT2D eigenvalue weighted by molar-refractivity contribution is 6.31. The van der Waals surface area contributed by atoms with E-state index < -0.39 is 0 Å². The Morgan fingerprint density at radius 3 is 2.50 bits per heavy atom. The quantitative estimate of drug-likeness (QED) is 0.506. The summed E-state index contributed by atoms with van der Waals surface area (Å²) < 4.78 is 5.70. The number of ether oxygens (including phenoxy) is 1. The third-order valence-electron chi connectivity index (χ3n) is 2.91. The van der Waals surface area contributed by atoms with E-state index in [1.54, 1.807) is 6.92 Å². The van der Waals surface area contributed by atoms with E-state index in [0.717, 1.165) is 16.9 Å². The first-order valence-electron chi connectivity index (χ1n) is 6.31. The Morgan fingerprint density at radius 2 is 1.85 bits per heavy atom. The number of benzene rings is 2. The van der Waals surface area contributed by atoms with E-state index in [2.05, 4.69) is 5.16 Å². The molecule has 0 amide bonds. The Hall–Kier alpha value is -2.00. The van der Waals surface area contributed by atoms with Crippen LogP contribution in [-0.4, -0.2) is 10.9 Å². The summed E-state index contributed by atoms with van der Waals surface area (Å²) >= 11 is 6.07. The molecule has 0 heterocycles. The second-order valence-corrected chi connectivity index (χ2v) is 4.94. The Labute approximate surface area is 123 Å². The van der Waals surface area contributed by atoms with E-state index in [9.17, 15) is 0 Å². The molecule has 0 bridgehead atoms. The van der Waals surface area contributed by atoms with Crippen molar-refractivity contribution in [3.8, 4) is 5.75 Å². The molecule has 20 heavy (non-hydrogen) atoms. The van der Waals surface area contributed by atoms with Crippen molar-refractivity contribution in [2.45, 2.75) is 20.0 Å². The van der Waals surface area contributed by atoms with Crippen LogP contribution in [0, 0.1) is 0 Å². The van der Waals surface area contributed by atoms with Gasteiger partial charge in [-0.1, -0.05) is 47.1 Å². The first-order chi connectivity index (χ1) is 9.69. The summed E-state index contributed by atoms with van der Waals surface area (Å²) in [4.78, 5) is 0. The molecule has 104 valence electrons. The lowest BCUT2D eigenvalue weighted by atomic mass is 10.1. The van der Waals surface area contributed by atoms with Crippen LogP contribution in [0.4, 0.5) is 0 Å². The van der Waals surface area contributed by atoms with Crippen LogP contribution in [0.1, 0.15) is 18.1 Å². The molecule has 0 saturated carbocycles. The molecule has 0 radical (unpaired) electrons. The molecule has 2 aromatic carbocycles. The summed E-state index contributed by atoms with van der Waals surface area (Å²) in [6.07, 6.45) is 0.626. The monoisotopic (exact) mass is 289 g/mol. The van der Waals surface area contributed by atoms with Gasteiger partial charge in [-0.25, -0.2) is 0 Å². The average Bonchev–Trinajstić information content (AvgIpc) is 2.48. The predicted octanol–water partition coefficient (Wildman–Crippen LogP) is 4.31. The first-order valence-corrected chi connectivity index (χ1v) is 6.69. The Bertz CT molecular complexity index is 594. The smallest absolute Gasteiger partial charge is 0.119 e. The van der Waals surface area contributed by atoms with Gasteiger partial charge < -0.3 is 9.94 Å². The highest BCUT2D eigenvalue weighted by Gasteiger charge is 2.01. The molecule has 2 aromatic rings. The molecule has 0 aliphatic heterocycles. The van der Waals surface area contributed by atoms with Crippen LogP contribution in [0.2, 0.25) is 5.02 Å². The molecule has 4 heteroatoms. The van der Waals surface area contributed by atoms with Gasteiger partial charge in [0.05, 0.1) is 5.71 Å². The van der Waals surface area contributed by atoms with Crippen molar-refractivity contribution in [3.05, 3.63) is 64.7 Å². The zero-order valence-corrected chi connectivity index (χ0v) is 12.0. The van der Waals surface area contributed by atoms with E-state index in [1.807, 2.05) is 48.5 Å². The summed E-state index contributed by atoms with van der Waals surface area (Å²) in [6.45, 7) is 2.22. The van der Waals surface area contributed by atoms with Gasteiger partial charge in [0.1, 0.15) is 12.4 Å². The van der Waals surface area contributed by atoms with E-state index in [1.165, 1.54) is 0 Å². The minimum absolute atomic E-state index is 0.441. The highest BCUT2D eigenvalue weighted by Crippen LogP contribution is 2.19. The van der Waals surface area contributed by atoms with Crippen LogP contribution in [0.25, 0.3) is 0 Å². The number of nitrogens with zero attached hydrogens (tertiary/aromatic N) is 1. The minimum atomic E-state index is 0.441. The second kappa shape index (κ2) is 6.96. The number of oxime groups is 1. The molecule has 0 saturated heterocycles. The maximum absolute atomic E-state index is 8.64. The fourth-order valence-corrected chi connectivity index (χ4v) is 2.00. The predicted molar refractivity (Wildman–Crippen MR) is 80.8 cm³/mol. The molecular formula is C16H16ClNO2. The van der Waals surface area contributed by atoms with E-state index in [-0.39, 0.29) is 0 Å². The highest BCUT2D eigenvalue weighted by atomic mass is 35.5.